The monoisotopic (exact) mass is 512 g/mol. The number of nitrogens with two attached hydrogens (primary N) is 1. The number of aromatic nitrogens is 4. The van der Waals surface area contributed by atoms with Gasteiger partial charge in [0.15, 0.2) is 5.82 Å². The highest BCUT2D eigenvalue weighted by Gasteiger charge is 2.41. The molecule has 0 amide bonds. The van der Waals surface area contributed by atoms with Gasteiger partial charge in [0.05, 0.1) is 31.1 Å². The van der Waals surface area contributed by atoms with Crippen molar-refractivity contribution < 1.29 is 9.84 Å². The number of nitrogens with zero attached hydrogens (tertiary/aromatic N) is 7. The molecule has 3 aliphatic rings. The fraction of sp³-hybridized carbons (Fsp3) is 0.429. The molecule has 1 aromatic carbocycles. The van der Waals surface area contributed by atoms with Crippen LogP contribution in [-0.2, 0) is 4.74 Å². The van der Waals surface area contributed by atoms with E-state index in [0.717, 1.165) is 57.3 Å². The zero-order valence-corrected chi connectivity index (χ0v) is 21.5. The molecule has 196 valence electrons. The fourth-order valence-corrected chi connectivity index (χ4v) is 5.56. The molecule has 3 aromatic rings. The highest BCUT2D eigenvalue weighted by Crippen LogP contribution is 2.32. The minimum Gasteiger partial charge on any atom is -0.507 e. The summed E-state index contributed by atoms with van der Waals surface area (Å²) in [4.78, 5) is 16.1. The molecule has 2 bridgehead atoms. The zero-order valence-electron chi connectivity index (χ0n) is 21.5. The van der Waals surface area contributed by atoms with Gasteiger partial charge < -0.3 is 25.4 Å². The van der Waals surface area contributed by atoms with Gasteiger partial charge in [0.2, 0.25) is 5.82 Å². The van der Waals surface area contributed by atoms with Gasteiger partial charge >= 0.3 is 0 Å². The first-order valence-electron chi connectivity index (χ1n) is 13.2. The molecule has 3 saturated heterocycles. The third kappa shape index (κ3) is 4.83. The van der Waals surface area contributed by atoms with Gasteiger partial charge in [-0.15, -0.1) is 10.2 Å². The number of phenolic OH excluding ortho intramolecular Hbond substituents is 1. The van der Waals surface area contributed by atoms with E-state index >= 15 is 0 Å². The van der Waals surface area contributed by atoms with E-state index in [9.17, 15) is 5.11 Å². The molecule has 0 spiro atoms. The van der Waals surface area contributed by atoms with Crippen molar-refractivity contribution in [2.45, 2.75) is 37.9 Å². The molecule has 2 aromatic heterocycles. The zero-order chi connectivity index (χ0) is 26.1. The molecule has 3 aliphatic heterocycles. The molecular formula is C28H32N8O2. The molecule has 5 heterocycles. The Morgan fingerprint density at radius 2 is 1.95 bits per heavy atom. The largest absolute Gasteiger partial charge is 0.507 e. The maximum absolute atomic E-state index is 10.3. The summed E-state index contributed by atoms with van der Waals surface area (Å²) in [5.41, 5.74) is 8.31. The Bertz CT molecular complexity index is 1360. The number of morpholine rings is 1. The Morgan fingerprint density at radius 1 is 1.11 bits per heavy atom. The second-order valence-corrected chi connectivity index (χ2v) is 10.1. The summed E-state index contributed by atoms with van der Waals surface area (Å²) in [5.74, 6) is 8.40. The number of fused-ring (bicyclic) bond motifs is 2. The van der Waals surface area contributed by atoms with Crippen LogP contribution in [0.3, 0.4) is 0 Å². The molecule has 10 nitrogen and oxygen atoms in total. The molecule has 10 heteroatoms. The standard InChI is InChI=1S/C28H32N8O2/c1-19-9-12-34(24-16-23(32-33-28(24)29)22-5-2-3-6-25(22)37)13-14-35(19)27-8-10-30-26(31-27)7-4-11-36-20-15-21(36)18-38-17-20/h2-3,5-6,8,10,16,19-21,37H,9,11-15,17-18H2,1H3,(H2,29,33)/t19-,20?,21?/m0/s1. The van der Waals surface area contributed by atoms with Crippen LogP contribution in [0.2, 0.25) is 0 Å². The summed E-state index contributed by atoms with van der Waals surface area (Å²) in [7, 11) is 0. The normalized spacial score (nSPS) is 23.2. The Labute approximate surface area is 222 Å². The third-order valence-corrected chi connectivity index (χ3v) is 7.78. The van der Waals surface area contributed by atoms with Gasteiger partial charge in [0.25, 0.3) is 0 Å². The Morgan fingerprint density at radius 3 is 2.76 bits per heavy atom. The van der Waals surface area contributed by atoms with Crippen LogP contribution in [0.25, 0.3) is 11.3 Å². The number of phenols is 1. The summed E-state index contributed by atoms with van der Waals surface area (Å²) in [6.07, 6.45) is 3.92. The van der Waals surface area contributed by atoms with E-state index in [4.69, 9.17) is 15.5 Å². The van der Waals surface area contributed by atoms with Crippen LogP contribution in [0.5, 0.6) is 5.75 Å². The van der Waals surface area contributed by atoms with Gasteiger partial charge in [-0.2, -0.15) is 0 Å². The van der Waals surface area contributed by atoms with Crippen molar-refractivity contribution in [1.29, 1.82) is 0 Å². The van der Waals surface area contributed by atoms with E-state index < -0.39 is 0 Å². The number of anilines is 3. The number of benzene rings is 1. The van der Waals surface area contributed by atoms with Crippen molar-refractivity contribution in [3.63, 3.8) is 0 Å². The van der Waals surface area contributed by atoms with Gasteiger partial charge in [-0.1, -0.05) is 18.1 Å². The number of para-hydroxylation sites is 1. The van der Waals surface area contributed by atoms with Crippen LogP contribution in [0.4, 0.5) is 17.3 Å². The molecule has 6 rings (SSSR count). The van der Waals surface area contributed by atoms with Crippen molar-refractivity contribution >= 4 is 17.3 Å². The first-order valence-corrected chi connectivity index (χ1v) is 13.2. The highest BCUT2D eigenvalue weighted by atomic mass is 16.5. The van der Waals surface area contributed by atoms with E-state index in [2.05, 4.69) is 48.6 Å². The molecule has 2 unspecified atom stereocenters. The van der Waals surface area contributed by atoms with Crippen molar-refractivity contribution in [3.05, 3.63) is 48.4 Å². The topological polar surface area (TPSA) is 117 Å². The average Bonchev–Trinajstić information content (AvgIpc) is 3.13. The lowest BCUT2D eigenvalue weighted by Crippen LogP contribution is -2.63. The number of ether oxygens (including phenoxy) is 1. The lowest BCUT2D eigenvalue weighted by Gasteiger charge is -2.51. The number of hydrogen-bond donors (Lipinski definition) is 2. The van der Waals surface area contributed by atoms with Gasteiger partial charge in [0, 0.05) is 49.5 Å². The van der Waals surface area contributed by atoms with Crippen LogP contribution in [-0.4, -0.2) is 87.7 Å². The summed E-state index contributed by atoms with van der Waals surface area (Å²) in [6, 6.07) is 12.3. The van der Waals surface area contributed by atoms with Crippen LogP contribution in [0, 0.1) is 11.8 Å². The smallest absolute Gasteiger partial charge is 0.206 e. The van der Waals surface area contributed by atoms with Gasteiger partial charge in [-0.05, 0) is 50.0 Å². The second-order valence-electron chi connectivity index (χ2n) is 10.1. The lowest BCUT2D eigenvalue weighted by molar-refractivity contribution is -0.120. The van der Waals surface area contributed by atoms with Crippen molar-refractivity contribution in [3.8, 4) is 28.8 Å². The minimum absolute atomic E-state index is 0.164. The maximum atomic E-state index is 10.3. The quantitative estimate of drug-likeness (QED) is 0.504. The number of nitrogen functional groups attached to an aromatic ring is 1. The Kier molecular flexibility index (Phi) is 6.70. The van der Waals surface area contributed by atoms with E-state index in [1.165, 1.54) is 6.42 Å². The van der Waals surface area contributed by atoms with Gasteiger partial charge in [-0.25, -0.2) is 9.97 Å². The molecule has 38 heavy (non-hydrogen) atoms. The number of aromatic hydroxyl groups is 1. The molecule has 0 saturated carbocycles. The van der Waals surface area contributed by atoms with E-state index in [1.54, 1.807) is 18.3 Å². The third-order valence-electron chi connectivity index (χ3n) is 7.78. The van der Waals surface area contributed by atoms with E-state index in [0.29, 0.717) is 35.0 Å². The number of rotatable bonds is 4. The summed E-state index contributed by atoms with van der Waals surface area (Å²) in [5, 5.41) is 18.7. The molecular weight excluding hydrogens is 480 g/mol. The van der Waals surface area contributed by atoms with E-state index in [-0.39, 0.29) is 11.8 Å². The number of hydrogen-bond acceptors (Lipinski definition) is 10. The Balaban J connectivity index is 1.16. The van der Waals surface area contributed by atoms with Gasteiger partial charge in [-0.3, -0.25) is 4.90 Å². The summed E-state index contributed by atoms with van der Waals surface area (Å²) < 4.78 is 5.56. The van der Waals surface area contributed by atoms with E-state index in [1.807, 2.05) is 24.3 Å². The Hall–Kier alpha value is -3.94. The van der Waals surface area contributed by atoms with Crippen LogP contribution in [0.1, 0.15) is 25.6 Å². The molecule has 3 atom stereocenters. The molecule has 0 aliphatic carbocycles. The SMILES string of the molecule is C[C@H]1CCN(c2cc(-c3ccccc3O)nnc2N)CCN1c1ccnc(C#CCN2C3COCC2C3)n1. The molecule has 3 fully saturated rings. The highest BCUT2D eigenvalue weighted by molar-refractivity contribution is 5.74. The molecule has 0 radical (unpaired) electrons. The van der Waals surface area contributed by atoms with Crippen molar-refractivity contribution in [1.82, 2.24) is 25.1 Å². The molecule has 3 N–H and O–H groups in total. The summed E-state index contributed by atoms with van der Waals surface area (Å²) >= 11 is 0. The van der Waals surface area contributed by atoms with Crippen molar-refractivity contribution in [2.24, 2.45) is 0 Å². The predicted molar refractivity (Wildman–Crippen MR) is 146 cm³/mol. The van der Waals surface area contributed by atoms with Crippen LogP contribution >= 0.6 is 0 Å². The average molecular weight is 513 g/mol. The first kappa shape index (κ1) is 24.4. The van der Waals surface area contributed by atoms with Crippen LogP contribution in [0.15, 0.2) is 42.6 Å². The van der Waals surface area contributed by atoms with Crippen LogP contribution < -0.4 is 15.5 Å². The summed E-state index contributed by atoms with van der Waals surface area (Å²) in [6.45, 7) is 6.87. The second kappa shape index (κ2) is 10.4. The maximum Gasteiger partial charge on any atom is 0.206 e. The first-order chi connectivity index (χ1) is 18.6. The van der Waals surface area contributed by atoms with Crippen molar-refractivity contribution in [2.75, 3.05) is 54.9 Å². The lowest BCUT2D eigenvalue weighted by atomic mass is 9.91. The predicted octanol–water partition coefficient (Wildman–Crippen LogP) is 2.15. The fourth-order valence-electron chi connectivity index (χ4n) is 5.56. The van der Waals surface area contributed by atoms with Gasteiger partial charge in [0.1, 0.15) is 11.6 Å². The minimum atomic E-state index is 0.164.